The van der Waals surface area contributed by atoms with Gasteiger partial charge in [-0.2, -0.15) is 0 Å². The van der Waals surface area contributed by atoms with Gasteiger partial charge in [0.05, 0.1) is 0 Å². The lowest BCUT2D eigenvalue weighted by Gasteiger charge is -2.19. The second-order valence-electron chi connectivity index (χ2n) is 3.47. The minimum absolute atomic E-state index is 0.0181. The van der Waals surface area contributed by atoms with Crippen molar-refractivity contribution < 1.29 is 9.53 Å². The Morgan fingerprint density at radius 2 is 2.08 bits per heavy atom. The van der Waals surface area contributed by atoms with E-state index in [9.17, 15) is 4.79 Å². The normalized spacial score (nSPS) is 15.1. The molecule has 0 heterocycles. The van der Waals surface area contributed by atoms with Crippen molar-refractivity contribution in [1.82, 2.24) is 0 Å². The Labute approximate surface area is 80.6 Å². The summed E-state index contributed by atoms with van der Waals surface area (Å²) in [6.45, 7) is 5.41. The predicted molar refractivity (Wildman–Crippen MR) is 53.3 cm³/mol. The second kappa shape index (κ2) is 6.89. The van der Waals surface area contributed by atoms with E-state index in [0.29, 0.717) is 0 Å². The average Bonchev–Trinajstić information content (AvgIpc) is 2.03. The molecule has 0 aromatic heterocycles. The molecule has 0 aliphatic rings. The summed E-state index contributed by atoms with van der Waals surface area (Å²) < 4.78 is 4.98. The minimum atomic E-state index is -0.251. The monoisotopic (exact) mass is 187 g/mol. The zero-order valence-corrected chi connectivity index (χ0v) is 8.88. The summed E-state index contributed by atoms with van der Waals surface area (Å²) in [4.78, 5) is 10.6. The van der Waals surface area contributed by atoms with E-state index < -0.39 is 0 Å². The number of rotatable bonds is 6. The number of unbranched alkanes of at least 4 members (excludes halogenated alkanes) is 2. The van der Waals surface area contributed by atoms with Crippen LogP contribution < -0.4 is 5.73 Å². The Balaban J connectivity index is 3.56. The van der Waals surface area contributed by atoms with Gasteiger partial charge in [0.1, 0.15) is 6.10 Å². The molecule has 0 rings (SSSR count). The molecule has 78 valence electrons. The van der Waals surface area contributed by atoms with Gasteiger partial charge in [-0.1, -0.05) is 26.2 Å². The third-order valence-electron chi connectivity index (χ3n) is 2.10. The van der Waals surface area contributed by atoms with Crippen molar-refractivity contribution in [3.8, 4) is 0 Å². The fraction of sp³-hybridized carbons (Fsp3) is 0.900. The number of ether oxygens (including phenoxy) is 1. The van der Waals surface area contributed by atoms with E-state index in [1.165, 1.54) is 19.8 Å². The number of carbonyl (C=O) groups excluding carboxylic acids is 1. The van der Waals surface area contributed by atoms with Gasteiger partial charge in [0, 0.05) is 13.0 Å². The highest BCUT2D eigenvalue weighted by molar-refractivity contribution is 5.66. The fourth-order valence-corrected chi connectivity index (χ4v) is 1.21. The molecule has 0 aliphatic heterocycles. The quantitative estimate of drug-likeness (QED) is 0.510. The molecule has 0 saturated carbocycles. The molecule has 0 radical (unpaired) electrons. The number of nitrogens with two attached hydrogens (primary N) is 1. The van der Waals surface area contributed by atoms with Gasteiger partial charge in [-0.3, -0.25) is 4.79 Å². The van der Waals surface area contributed by atoms with Crippen molar-refractivity contribution in [2.75, 3.05) is 0 Å². The smallest absolute Gasteiger partial charge is 0.302 e. The van der Waals surface area contributed by atoms with E-state index >= 15 is 0 Å². The lowest BCUT2D eigenvalue weighted by molar-refractivity contribution is -0.146. The zero-order chi connectivity index (χ0) is 10.3. The molecule has 2 atom stereocenters. The SMILES string of the molecule is CCCCCC(N)C(C)OC(C)=O. The summed E-state index contributed by atoms with van der Waals surface area (Å²) in [5.41, 5.74) is 5.83. The van der Waals surface area contributed by atoms with Gasteiger partial charge >= 0.3 is 5.97 Å². The lowest BCUT2D eigenvalue weighted by atomic mass is 10.1. The first-order chi connectivity index (χ1) is 6.07. The Hall–Kier alpha value is -0.570. The minimum Gasteiger partial charge on any atom is -0.461 e. The van der Waals surface area contributed by atoms with Crippen LogP contribution >= 0.6 is 0 Å². The van der Waals surface area contributed by atoms with Crippen LogP contribution in [0.3, 0.4) is 0 Å². The summed E-state index contributed by atoms with van der Waals surface area (Å²) in [7, 11) is 0. The first-order valence-corrected chi connectivity index (χ1v) is 5.00. The lowest BCUT2D eigenvalue weighted by Crippen LogP contribution is -2.35. The molecule has 13 heavy (non-hydrogen) atoms. The zero-order valence-electron chi connectivity index (χ0n) is 8.88. The van der Waals surface area contributed by atoms with Crippen molar-refractivity contribution in [3.05, 3.63) is 0 Å². The molecule has 3 nitrogen and oxygen atoms in total. The Kier molecular flexibility index (Phi) is 6.59. The molecule has 0 aromatic carbocycles. The number of esters is 1. The van der Waals surface area contributed by atoms with Gasteiger partial charge in [-0.25, -0.2) is 0 Å². The van der Waals surface area contributed by atoms with Gasteiger partial charge in [0.2, 0.25) is 0 Å². The van der Waals surface area contributed by atoms with E-state index in [1.54, 1.807) is 0 Å². The van der Waals surface area contributed by atoms with E-state index in [0.717, 1.165) is 12.8 Å². The number of carbonyl (C=O) groups is 1. The van der Waals surface area contributed by atoms with E-state index in [4.69, 9.17) is 10.5 Å². The Morgan fingerprint density at radius 1 is 1.46 bits per heavy atom. The van der Waals surface area contributed by atoms with Gasteiger partial charge in [0.25, 0.3) is 0 Å². The average molecular weight is 187 g/mol. The highest BCUT2D eigenvalue weighted by Crippen LogP contribution is 2.07. The van der Waals surface area contributed by atoms with E-state index in [1.807, 2.05) is 6.92 Å². The van der Waals surface area contributed by atoms with E-state index in [2.05, 4.69) is 6.92 Å². The molecule has 0 fully saturated rings. The van der Waals surface area contributed by atoms with Crippen LogP contribution in [0.5, 0.6) is 0 Å². The maximum Gasteiger partial charge on any atom is 0.302 e. The van der Waals surface area contributed by atoms with Crippen molar-refractivity contribution in [2.45, 2.75) is 58.6 Å². The molecule has 3 heteroatoms. The third-order valence-corrected chi connectivity index (χ3v) is 2.10. The molecule has 0 amide bonds. The van der Waals surface area contributed by atoms with Gasteiger partial charge < -0.3 is 10.5 Å². The summed E-state index contributed by atoms with van der Waals surface area (Å²) >= 11 is 0. The van der Waals surface area contributed by atoms with Crippen molar-refractivity contribution in [1.29, 1.82) is 0 Å². The molecule has 0 aliphatic carbocycles. The molecular formula is C10H21NO2. The second-order valence-corrected chi connectivity index (χ2v) is 3.47. The van der Waals surface area contributed by atoms with Crippen LogP contribution in [0.2, 0.25) is 0 Å². The van der Waals surface area contributed by atoms with Crippen LogP contribution in [0.4, 0.5) is 0 Å². The molecular weight excluding hydrogens is 166 g/mol. The van der Waals surface area contributed by atoms with Crippen molar-refractivity contribution in [2.24, 2.45) is 5.73 Å². The molecule has 0 spiro atoms. The van der Waals surface area contributed by atoms with Gasteiger partial charge in [-0.15, -0.1) is 0 Å². The first kappa shape index (κ1) is 12.4. The van der Waals surface area contributed by atoms with Crippen LogP contribution in [0.1, 0.15) is 46.5 Å². The number of hydrogen-bond acceptors (Lipinski definition) is 3. The topological polar surface area (TPSA) is 52.3 Å². The van der Waals surface area contributed by atoms with Crippen LogP contribution in [0.25, 0.3) is 0 Å². The highest BCUT2D eigenvalue weighted by Gasteiger charge is 2.14. The van der Waals surface area contributed by atoms with Crippen LogP contribution in [0.15, 0.2) is 0 Å². The van der Waals surface area contributed by atoms with Crippen LogP contribution in [0, 0.1) is 0 Å². The molecule has 2 unspecified atom stereocenters. The van der Waals surface area contributed by atoms with Crippen LogP contribution in [-0.4, -0.2) is 18.1 Å². The van der Waals surface area contributed by atoms with Crippen molar-refractivity contribution in [3.63, 3.8) is 0 Å². The Morgan fingerprint density at radius 3 is 2.54 bits per heavy atom. The summed E-state index contributed by atoms with van der Waals surface area (Å²) in [6, 6.07) is -0.0181. The maximum absolute atomic E-state index is 10.6. The molecule has 0 aromatic rings. The predicted octanol–water partition coefficient (Wildman–Crippen LogP) is 1.85. The third kappa shape index (κ3) is 6.58. The largest absolute Gasteiger partial charge is 0.461 e. The maximum atomic E-state index is 10.6. The molecule has 2 N–H and O–H groups in total. The van der Waals surface area contributed by atoms with Crippen LogP contribution in [-0.2, 0) is 9.53 Å². The first-order valence-electron chi connectivity index (χ1n) is 5.00. The summed E-state index contributed by atoms with van der Waals surface area (Å²) in [6.07, 6.45) is 4.27. The Bertz CT molecular complexity index is 148. The standard InChI is InChI=1S/C10H21NO2/c1-4-5-6-7-10(11)8(2)13-9(3)12/h8,10H,4-7,11H2,1-3H3. The number of hydrogen-bond donors (Lipinski definition) is 1. The van der Waals surface area contributed by atoms with Gasteiger partial charge in [-0.05, 0) is 13.3 Å². The highest BCUT2D eigenvalue weighted by atomic mass is 16.5. The van der Waals surface area contributed by atoms with Crippen molar-refractivity contribution >= 4 is 5.97 Å². The fourth-order valence-electron chi connectivity index (χ4n) is 1.21. The summed E-state index contributed by atoms with van der Waals surface area (Å²) in [5.74, 6) is -0.251. The van der Waals surface area contributed by atoms with Gasteiger partial charge in [0.15, 0.2) is 0 Å². The summed E-state index contributed by atoms with van der Waals surface area (Å²) in [5, 5.41) is 0. The molecule has 0 bridgehead atoms. The molecule has 0 saturated heterocycles. The van der Waals surface area contributed by atoms with E-state index in [-0.39, 0.29) is 18.1 Å².